The van der Waals surface area contributed by atoms with Gasteiger partial charge < -0.3 is 28.6 Å². The summed E-state index contributed by atoms with van der Waals surface area (Å²) in [5, 5.41) is 11.6. The molecule has 0 fully saturated rings. The molecular formula is C50H79NO7. The number of carbonyl (C=O) groups excluding carboxylic acids is 3. The number of allylic oxidation sites excluding steroid dienone is 18. The molecule has 0 bridgehead atoms. The molecule has 0 N–H and O–H groups in total. The van der Waals surface area contributed by atoms with Crippen LogP contribution in [0.15, 0.2) is 109 Å². The number of esters is 2. The molecule has 0 heterocycles. The van der Waals surface area contributed by atoms with Gasteiger partial charge in [0.15, 0.2) is 6.10 Å². The van der Waals surface area contributed by atoms with Gasteiger partial charge in [-0.2, -0.15) is 0 Å². The quantitative estimate of drug-likeness (QED) is 0.0203. The van der Waals surface area contributed by atoms with Crippen LogP contribution in [0.1, 0.15) is 136 Å². The van der Waals surface area contributed by atoms with Crippen molar-refractivity contribution in [3.05, 3.63) is 109 Å². The summed E-state index contributed by atoms with van der Waals surface area (Å²) < 4.78 is 17.0. The summed E-state index contributed by atoms with van der Waals surface area (Å²) in [6, 6.07) is -0.747. The number of quaternary nitrogens is 1. The number of carbonyl (C=O) groups is 3. The second-order valence-electron chi connectivity index (χ2n) is 15.3. The molecule has 0 amide bonds. The summed E-state index contributed by atoms with van der Waals surface area (Å²) in [5.74, 6) is -1.87. The van der Waals surface area contributed by atoms with Gasteiger partial charge in [0.2, 0.25) is 0 Å². The maximum atomic E-state index is 12.7. The Hall–Kier alpha value is -4.01. The van der Waals surface area contributed by atoms with Gasteiger partial charge in [0.05, 0.1) is 40.3 Å². The van der Waals surface area contributed by atoms with E-state index >= 15 is 0 Å². The van der Waals surface area contributed by atoms with Crippen molar-refractivity contribution in [2.75, 3.05) is 41.0 Å². The summed E-state index contributed by atoms with van der Waals surface area (Å²) in [7, 11) is 5.36. The van der Waals surface area contributed by atoms with Crippen molar-refractivity contribution >= 4 is 17.9 Å². The summed E-state index contributed by atoms with van der Waals surface area (Å²) in [6.07, 6.45) is 54.1. The first kappa shape index (κ1) is 54.0. The average molecular weight is 806 g/mol. The zero-order chi connectivity index (χ0) is 42.8. The third-order valence-electron chi connectivity index (χ3n) is 9.02. The number of ether oxygens (including phenoxy) is 3. The van der Waals surface area contributed by atoms with Crippen LogP contribution in [0.5, 0.6) is 0 Å². The van der Waals surface area contributed by atoms with Gasteiger partial charge in [-0.1, -0.05) is 155 Å². The van der Waals surface area contributed by atoms with E-state index in [-0.39, 0.29) is 55.5 Å². The Morgan fingerprint density at radius 3 is 1.62 bits per heavy atom. The largest absolute Gasteiger partial charge is 0.544 e. The molecule has 8 heteroatoms. The number of carboxylic acids is 1. The van der Waals surface area contributed by atoms with Crippen LogP contribution < -0.4 is 5.11 Å². The van der Waals surface area contributed by atoms with Crippen LogP contribution in [0.25, 0.3) is 0 Å². The molecule has 0 saturated carbocycles. The van der Waals surface area contributed by atoms with Gasteiger partial charge in [0.25, 0.3) is 0 Å². The lowest BCUT2D eigenvalue weighted by Gasteiger charge is -2.34. The summed E-state index contributed by atoms with van der Waals surface area (Å²) >= 11 is 0. The fourth-order valence-electron chi connectivity index (χ4n) is 5.61. The van der Waals surface area contributed by atoms with Gasteiger partial charge in [-0.25, -0.2) is 0 Å². The lowest BCUT2D eigenvalue weighted by Crippen LogP contribution is -2.55. The molecule has 0 rings (SSSR count). The Morgan fingerprint density at radius 1 is 0.552 bits per heavy atom. The summed E-state index contributed by atoms with van der Waals surface area (Å²) in [5.41, 5.74) is 0. The monoisotopic (exact) mass is 806 g/mol. The van der Waals surface area contributed by atoms with Crippen molar-refractivity contribution < 1.29 is 38.2 Å². The van der Waals surface area contributed by atoms with E-state index in [0.29, 0.717) is 6.42 Å². The zero-order valence-electron chi connectivity index (χ0n) is 36.9. The Balaban J connectivity index is 4.48. The third kappa shape index (κ3) is 37.6. The van der Waals surface area contributed by atoms with Crippen LogP contribution in [0, 0.1) is 0 Å². The lowest BCUT2D eigenvalue weighted by atomic mass is 10.1. The first-order valence-corrected chi connectivity index (χ1v) is 22.0. The second kappa shape index (κ2) is 39.8. The Morgan fingerprint density at radius 2 is 1.05 bits per heavy atom. The van der Waals surface area contributed by atoms with Crippen LogP contribution in [0.3, 0.4) is 0 Å². The van der Waals surface area contributed by atoms with Crippen LogP contribution in [-0.2, 0) is 28.6 Å². The molecule has 2 unspecified atom stereocenters. The van der Waals surface area contributed by atoms with Crippen molar-refractivity contribution in [1.82, 2.24) is 0 Å². The number of unbranched alkanes of at least 4 members (excludes halogenated alkanes) is 9. The third-order valence-corrected chi connectivity index (χ3v) is 9.02. The molecule has 0 saturated heterocycles. The van der Waals surface area contributed by atoms with Crippen LogP contribution >= 0.6 is 0 Å². The molecule has 0 radical (unpaired) electrons. The second-order valence-corrected chi connectivity index (χ2v) is 15.3. The van der Waals surface area contributed by atoms with E-state index in [1.807, 2.05) is 54.7 Å². The van der Waals surface area contributed by atoms with Crippen molar-refractivity contribution in [2.24, 2.45) is 0 Å². The number of hydrogen-bond donors (Lipinski definition) is 0. The predicted octanol–water partition coefficient (Wildman–Crippen LogP) is 10.7. The predicted molar refractivity (Wildman–Crippen MR) is 240 cm³/mol. The highest BCUT2D eigenvalue weighted by atomic mass is 16.6. The van der Waals surface area contributed by atoms with E-state index in [1.54, 1.807) is 21.1 Å². The highest BCUT2D eigenvalue weighted by Crippen LogP contribution is 2.12. The molecule has 0 aromatic heterocycles. The minimum Gasteiger partial charge on any atom is -0.544 e. The molecule has 0 spiro atoms. The van der Waals surface area contributed by atoms with Crippen LogP contribution in [-0.4, -0.2) is 75.5 Å². The molecule has 326 valence electrons. The summed E-state index contributed by atoms with van der Waals surface area (Å²) in [4.78, 5) is 36.8. The van der Waals surface area contributed by atoms with E-state index in [4.69, 9.17) is 14.2 Å². The fourth-order valence-corrected chi connectivity index (χ4v) is 5.61. The number of hydrogen-bond acceptors (Lipinski definition) is 7. The molecule has 0 aliphatic carbocycles. The first-order valence-electron chi connectivity index (χ1n) is 22.0. The van der Waals surface area contributed by atoms with E-state index in [2.05, 4.69) is 68.5 Å². The SMILES string of the molecule is CC/C=C/C=C/C=C/C=C/C=C/CCCC(=O)OCC(COCCC(C(=O)[O-])[N+](C)(C)C)OC(=O)CCCCCCC/C=C/C/C=C/C/C=C/C/C=C/CCCCC. The lowest BCUT2D eigenvalue weighted by molar-refractivity contribution is -0.889. The van der Waals surface area contributed by atoms with Gasteiger partial charge in [-0.05, 0) is 70.6 Å². The van der Waals surface area contributed by atoms with E-state index in [9.17, 15) is 19.5 Å². The number of nitrogens with zero attached hydrogens (tertiary/aromatic N) is 1. The van der Waals surface area contributed by atoms with Gasteiger partial charge in [0.1, 0.15) is 12.6 Å². The molecule has 58 heavy (non-hydrogen) atoms. The molecule has 8 nitrogen and oxygen atoms in total. The van der Waals surface area contributed by atoms with Crippen molar-refractivity contribution in [3.63, 3.8) is 0 Å². The first-order chi connectivity index (χ1) is 28.1. The van der Waals surface area contributed by atoms with Gasteiger partial charge in [0, 0.05) is 19.3 Å². The molecule has 0 aromatic carbocycles. The van der Waals surface area contributed by atoms with E-state index in [0.717, 1.165) is 70.6 Å². The molecule has 0 aliphatic rings. The maximum Gasteiger partial charge on any atom is 0.306 e. The van der Waals surface area contributed by atoms with Gasteiger partial charge in [-0.3, -0.25) is 9.59 Å². The van der Waals surface area contributed by atoms with Crippen molar-refractivity contribution in [1.29, 1.82) is 0 Å². The highest BCUT2D eigenvalue weighted by Gasteiger charge is 2.25. The summed E-state index contributed by atoms with van der Waals surface area (Å²) in [6.45, 7) is 4.36. The van der Waals surface area contributed by atoms with Gasteiger partial charge in [-0.15, -0.1) is 0 Å². The number of rotatable bonds is 37. The number of likely N-dealkylation sites (N-methyl/N-ethyl adjacent to an activating group) is 1. The zero-order valence-corrected chi connectivity index (χ0v) is 36.9. The number of aliphatic carboxylic acids is 1. The standard InChI is InChI=1S/C50H79NO7/c1-6-8-10-12-14-16-18-20-21-22-23-24-25-26-27-29-31-33-35-37-39-41-49(53)58-46(44-56-43-42-47(50(54)55)51(3,4)5)45-57-48(52)40-38-36-34-32-30-28-19-17-15-13-11-9-7-2/h9,11,13-17,19-21,23-24,26-28,30,32,34,46-47H,6-8,10,12,18,22,25,29,31,33,35-45H2,1-5H3/b11-9+,15-13+,16-14+,19-17+,21-20+,24-23+,27-26+,30-28+,34-32+. The minimum atomic E-state index is -1.14. The van der Waals surface area contributed by atoms with Gasteiger partial charge >= 0.3 is 11.9 Å². The Labute approximate surface area is 353 Å². The molecule has 0 aliphatic heterocycles. The topological polar surface area (TPSA) is 102 Å². The average Bonchev–Trinajstić information content (AvgIpc) is 3.18. The van der Waals surface area contributed by atoms with Crippen molar-refractivity contribution in [2.45, 2.75) is 148 Å². The molecular weight excluding hydrogens is 727 g/mol. The van der Waals surface area contributed by atoms with E-state index in [1.165, 1.54) is 25.7 Å². The fraction of sp³-hybridized carbons (Fsp3) is 0.580. The Kier molecular flexibility index (Phi) is 37.0. The Bertz CT molecular complexity index is 1310. The highest BCUT2D eigenvalue weighted by molar-refractivity contribution is 5.70. The minimum absolute atomic E-state index is 0.00215. The van der Waals surface area contributed by atoms with Crippen LogP contribution in [0.4, 0.5) is 0 Å². The molecule has 0 aromatic rings. The molecule has 2 atom stereocenters. The normalized spacial score (nSPS) is 14.0. The maximum absolute atomic E-state index is 12.7. The van der Waals surface area contributed by atoms with Crippen LogP contribution in [0.2, 0.25) is 0 Å². The smallest absolute Gasteiger partial charge is 0.306 e. The van der Waals surface area contributed by atoms with E-state index < -0.39 is 18.1 Å². The van der Waals surface area contributed by atoms with Crippen molar-refractivity contribution in [3.8, 4) is 0 Å². The number of carboxylic acid groups (broad SMARTS) is 1.